The topological polar surface area (TPSA) is 83.1 Å². The van der Waals surface area contributed by atoms with Gasteiger partial charge in [0.1, 0.15) is 11.6 Å². The van der Waals surface area contributed by atoms with Crippen molar-refractivity contribution in [3.63, 3.8) is 0 Å². The number of benzene rings is 1. The highest BCUT2D eigenvalue weighted by molar-refractivity contribution is 7.91. The van der Waals surface area contributed by atoms with Crippen LogP contribution in [0.3, 0.4) is 0 Å². The largest absolute Gasteiger partial charge is 0.338 e. The molecule has 2 rings (SSSR count). The molecule has 118 valence electrons. The van der Waals surface area contributed by atoms with E-state index in [1.54, 1.807) is 19.1 Å². The molecule has 0 aliphatic carbocycles. The Balaban J connectivity index is 2.10. The quantitative estimate of drug-likeness (QED) is 0.904. The van der Waals surface area contributed by atoms with Crippen LogP contribution in [0, 0.1) is 5.82 Å². The minimum absolute atomic E-state index is 0.233. The van der Waals surface area contributed by atoms with Gasteiger partial charge in [0.25, 0.3) is 0 Å². The Morgan fingerprint density at radius 3 is 2.55 bits per heavy atom. The predicted octanol–water partition coefficient (Wildman–Crippen LogP) is 1.54. The van der Waals surface area contributed by atoms with Crippen LogP contribution in [0.15, 0.2) is 41.8 Å². The standard InChI is InChI=1S/C14H16FN3O3S/c1-10(11-3-5-12(15)6-4-11)18(2)13(19)9-22(20,21)14-16-7-8-17-14/h3-8,10H,9H2,1-2H3,(H,16,17)/t10-/m1/s1. The van der Waals surface area contributed by atoms with Crippen molar-refractivity contribution in [3.05, 3.63) is 48.0 Å². The Morgan fingerprint density at radius 2 is 2.00 bits per heavy atom. The zero-order chi connectivity index (χ0) is 16.3. The summed E-state index contributed by atoms with van der Waals surface area (Å²) in [4.78, 5) is 19.6. The van der Waals surface area contributed by atoms with E-state index in [9.17, 15) is 17.6 Å². The third kappa shape index (κ3) is 3.51. The summed E-state index contributed by atoms with van der Waals surface area (Å²) in [5, 5.41) is -0.233. The first-order chi connectivity index (χ1) is 10.3. The van der Waals surface area contributed by atoms with Crippen LogP contribution in [-0.4, -0.2) is 42.0 Å². The molecule has 1 aromatic heterocycles. The number of carbonyl (C=O) groups is 1. The van der Waals surface area contributed by atoms with Crippen molar-refractivity contribution in [2.24, 2.45) is 0 Å². The number of rotatable bonds is 5. The van der Waals surface area contributed by atoms with Gasteiger partial charge < -0.3 is 9.88 Å². The molecule has 0 saturated heterocycles. The molecule has 22 heavy (non-hydrogen) atoms. The number of amides is 1. The van der Waals surface area contributed by atoms with Crippen molar-refractivity contribution < 1.29 is 17.6 Å². The van der Waals surface area contributed by atoms with E-state index >= 15 is 0 Å². The summed E-state index contributed by atoms with van der Waals surface area (Å²) >= 11 is 0. The lowest BCUT2D eigenvalue weighted by Gasteiger charge is -2.25. The van der Waals surface area contributed by atoms with E-state index in [1.807, 2.05) is 0 Å². The molecule has 0 spiro atoms. The second-order valence-corrected chi connectivity index (χ2v) is 6.79. The van der Waals surface area contributed by atoms with Gasteiger partial charge in [-0.3, -0.25) is 4.79 Å². The average molecular weight is 325 g/mol. The molecule has 0 saturated carbocycles. The average Bonchev–Trinajstić information content (AvgIpc) is 3.01. The Morgan fingerprint density at radius 1 is 1.36 bits per heavy atom. The van der Waals surface area contributed by atoms with Gasteiger partial charge in [0.2, 0.25) is 20.9 Å². The van der Waals surface area contributed by atoms with Crippen LogP contribution in [0.5, 0.6) is 0 Å². The number of sulfone groups is 1. The summed E-state index contributed by atoms with van der Waals surface area (Å²) in [6, 6.07) is 5.34. The molecule has 0 bridgehead atoms. The molecule has 0 unspecified atom stereocenters. The van der Waals surface area contributed by atoms with Gasteiger partial charge in [-0.2, -0.15) is 0 Å². The Bertz CT molecular complexity index is 742. The molecule has 1 amide bonds. The van der Waals surface area contributed by atoms with Gasteiger partial charge in [-0.15, -0.1) is 0 Å². The van der Waals surface area contributed by atoms with E-state index < -0.39 is 21.5 Å². The normalized spacial score (nSPS) is 12.9. The fourth-order valence-corrected chi connectivity index (χ4v) is 3.07. The van der Waals surface area contributed by atoms with Gasteiger partial charge in [-0.1, -0.05) is 12.1 Å². The predicted molar refractivity (Wildman–Crippen MR) is 78.2 cm³/mol. The monoisotopic (exact) mass is 325 g/mol. The van der Waals surface area contributed by atoms with Crippen LogP contribution in [0.1, 0.15) is 18.5 Å². The van der Waals surface area contributed by atoms with Crippen LogP contribution in [0.2, 0.25) is 0 Å². The van der Waals surface area contributed by atoms with Crippen molar-refractivity contribution >= 4 is 15.7 Å². The summed E-state index contributed by atoms with van der Waals surface area (Å²) in [7, 11) is -2.29. The molecule has 0 aliphatic heterocycles. The lowest BCUT2D eigenvalue weighted by molar-refractivity contribution is -0.129. The maximum absolute atomic E-state index is 12.9. The number of aromatic amines is 1. The Labute approximate surface area is 127 Å². The Hall–Kier alpha value is -2.22. The third-order valence-corrected chi connectivity index (χ3v) is 4.85. The molecule has 1 atom stereocenters. The van der Waals surface area contributed by atoms with Gasteiger partial charge in [0, 0.05) is 19.4 Å². The first-order valence-corrected chi connectivity index (χ1v) is 8.20. The third-order valence-electron chi connectivity index (χ3n) is 3.41. The molecule has 0 fully saturated rings. The number of imidazole rings is 1. The number of aromatic nitrogens is 2. The number of hydrogen-bond donors (Lipinski definition) is 1. The summed E-state index contributed by atoms with van der Waals surface area (Å²) in [5.74, 6) is -1.61. The zero-order valence-corrected chi connectivity index (χ0v) is 13.0. The molecule has 1 aromatic carbocycles. The maximum Gasteiger partial charge on any atom is 0.238 e. The van der Waals surface area contributed by atoms with Crippen molar-refractivity contribution in [1.29, 1.82) is 0 Å². The molecule has 8 heteroatoms. The Kier molecular flexibility index (Phi) is 4.60. The number of nitrogens with zero attached hydrogens (tertiary/aromatic N) is 2. The zero-order valence-electron chi connectivity index (χ0n) is 12.2. The lowest BCUT2D eigenvalue weighted by atomic mass is 10.1. The van der Waals surface area contributed by atoms with Crippen LogP contribution >= 0.6 is 0 Å². The molecule has 1 heterocycles. The minimum Gasteiger partial charge on any atom is -0.338 e. The van der Waals surface area contributed by atoms with E-state index in [2.05, 4.69) is 9.97 Å². The number of nitrogens with one attached hydrogen (secondary N) is 1. The number of hydrogen-bond acceptors (Lipinski definition) is 4. The van der Waals surface area contributed by atoms with Crippen molar-refractivity contribution in [2.75, 3.05) is 12.8 Å². The fraction of sp³-hybridized carbons (Fsp3) is 0.286. The number of H-pyrrole nitrogens is 1. The molecule has 0 radical (unpaired) electrons. The highest BCUT2D eigenvalue weighted by Gasteiger charge is 2.26. The van der Waals surface area contributed by atoms with Crippen LogP contribution in [0.4, 0.5) is 4.39 Å². The van der Waals surface area contributed by atoms with Crippen molar-refractivity contribution in [2.45, 2.75) is 18.1 Å². The van der Waals surface area contributed by atoms with Gasteiger partial charge in [0.05, 0.1) is 6.04 Å². The molecule has 0 aliphatic rings. The van der Waals surface area contributed by atoms with Crippen molar-refractivity contribution in [3.8, 4) is 0 Å². The van der Waals surface area contributed by atoms with Gasteiger partial charge in [0.15, 0.2) is 0 Å². The summed E-state index contributed by atoms with van der Waals surface area (Å²) < 4.78 is 37.0. The van der Waals surface area contributed by atoms with Gasteiger partial charge in [-0.25, -0.2) is 17.8 Å². The molecule has 2 aromatic rings. The second-order valence-electron chi connectivity index (χ2n) is 4.89. The second kappa shape index (κ2) is 6.27. The highest BCUT2D eigenvalue weighted by Crippen LogP contribution is 2.19. The molecular formula is C14H16FN3O3S. The van der Waals surface area contributed by atoms with Gasteiger partial charge in [-0.05, 0) is 24.6 Å². The SMILES string of the molecule is C[C@H](c1ccc(F)cc1)N(C)C(=O)CS(=O)(=O)c1ncc[nH]1. The summed E-state index contributed by atoms with van der Waals surface area (Å²) in [6.45, 7) is 1.74. The van der Waals surface area contributed by atoms with Crippen LogP contribution in [0.25, 0.3) is 0 Å². The van der Waals surface area contributed by atoms with E-state index in [4.69, 9.17) is 0 Å². The van der Waals surface area contributed by atoms with E-state index in [1.165, 1.54) is 36.5 Å². The lowest BCUT2D eigenvalue weighted by Crippen LogP contribution is -2.34. The van der Waals surface area contributed by atoms with E-state index in [0.717, 1.165) is 0 Å². The maximum atomic E-state index is 12.9. The smallest absolute Gasteiger partial charge is 0.238 e. The minimum atomic E-state index is -3.80. The molecule has 1 N–H and O–H groups in total. The molecular weight excluding hydrogens is 309 g/mol. The molecule has 6 nitrogen and oxygen atoms in total. The van der Waals surface area contributed by atoms with E-state index in [-0.39, 0.29) is 17.0 Å². The number of halogens is 1. The summed E-state index contributed by atoms with van der Waals surface area (Å²) in [6.07, 6.45) is 2.68. The highest BCUT2D eigenvalue weighted by atomic mass is 32.2. The summed E-state index contributed by atoms with van der Waals surface area (Å²) in [5.41, 5.74) is 0.715. The van der Waals surface area contributed by atoms with Gasteiger partial charge >= 0.3 is 0 Å². The number of carbonyl (C=O) groups excluding carboxylic acids is 1. The first kappa shape index (κ1) is 16.2. The van der Waals surface area contributed by atoms with Crippen LogP contribution < -0.4 is 0 Å². The first-order valence-electron chi connectivity index (χ1n) is 6.54. The van der Waals surface area contributed by atoms with Crippen LogP contribution in [-0.2, 0) is 14.6 Å². The fourth-order valence-electron chi connectivity index (χ4n) is 1.93. The van der Waals surface area contributed by atoms with E-state index in [0.29, 0.717) is 5.56 Å². The van der Waals surface area contributed by atoms with Crippen molar-refractivity contribution in [1.82, 2.24) is 14.9 Å².